The Bertz CT molecular complexity index is 240. The van der Waals surface area contributed by atoms with Gasteiger partial charge in [-0.25, -0.2) is 0 Å². The van der Waals surface area contributed by atoms with Crippen LogP contribution in [0.15, 0.2) is 11.6 Å². The molecule has 0 saturated heterocycles. The Morgan fingerprint density at radius 1 is 1.19 bits per heavy atom. The lowest BCUT2D eigenvalue weighted by Gasteiger charge is -2.27. The van der Waals surface area contributed by atoms with Crippen LogP contribution in [0.2, 0.25) is 0 Å². The number of carbonyl (C=O) groups is 1. The fourth-order valence-electron chi connectivity index (χ4n) is 2.63. The largest absolute Gasteiger partial charge is 0.295 e. The average Bonchev–Trinajstić information content (AvgIpc) is 2.26. The number of hydrogen-bond acceptors (Lipinski definition) is 1. The molecule has 0 unspecified atom stereocenters. The van der Waals surface area contributed by atoms with E-state index in [9.17, 15) is 4.79 Å². The molecule has 92 valence electrons. The summed E-state index contributed by atoms with van der Waals surface area (Å²) in [5.74, 6) is 1.59. The molecule has 0 heterocycles. The van der Waals surface area contributed by atoms with E-state index in [4.69, 9.17) is 0 Å². The van der Waals surface area contributed by atoms with Gasteiger partial charge in [-0.05, 0) is 51.5 Å². The predicted octanol–water partition coefficient (Wildman–Crippen LogP) is 4.52. The van der Waals surface area contributed by atoms with E-state index < -0.39 is 0 Å². The highest BCUT2D eigenvalue weighted by molar-refractivity contribution is 5.92. The molecule has 1 aliphatic rings. The first-order valence-corrected chi connectivity index (χ1v) is 6.82. The lowest BCUT2D eigenvalue weighted by molar-refractivity contribution is -0.119. The molecule has 0 aromatic carbocycles. The molecule has 0 amide bonds. The molecule has 1 aliphatic carbocycles. The lowest BCUT2D eigenvalue weighted by atomic mass is 9.78. The van der Waals surface area contributed by atoms with Crippen LogP contribution in [0.1, 0.15) is 65.7 Å². The summed E-state index contributed by atoms with van der Waals surface area (Å²) in [6.07, 6.45) is 10.7. The van der Waals surface area contributed by atoms with Gasteiger partial charge in [0.2, 0.25) is 0 Å². The second kappa shape index (κ2) is 6.88. The highest BCUT2D eigenvalue weighted by Gasteiger charge is 2.24. The van der Waals surface area contributed by atoms with Crippen molar-refractivity contribution < 1.29 is 4.79 Å². The normalized spacial score (nSPS) is 25.2. The molecule has 0 N–H and O–H groups in total. The minimum Gasteiger partial charge on any atom is -0.295 e. The molecule has 1 rings (SSSR count). The summed E-state index contributed by atoms with van der Waals surface area (Å²) in [4.78, 5) is 11.9. The van der Waals surface area contributed by atoms with Gasteiger partial charge < -0.3 is 0 Å². The summed E-state index contributed by atoms with van der Waals surface area (Å²) in [6, 6.07) is 0. The Balaban J connectivity index is 2.31. The number of carbonyl (C=O) groups excluding carboxylic acids is 1. The van der Waals surface area contributed by atoms with Crippen LogP contribution in [0.3, 0.4) is 0 Å². The summed E-state index contributed by atoms with van der Waals surface area (Å²) in [5, 5.41) is 0. The first-order chi connectivity index (χ1) is 7.63. The number of rotatable bonds is 5. The Morgan fingerprint density at radius 3 is 2.31 bits per heavy atom. The molecule has 1 heteroatoms. The molecule has 0 atom stereocenters. The monoisotopic (exact) mass is 222 g/mol. The van der Waals surface area contributed by atoms with Crippen LogP contribution in [0.4, 0.5) is 0 Å². The van der Waals surface area contributed by atoms with Crippen molar-refractivity contribution in [1.29, 1.82) is 0 Å². The average molecular weight is 222 g/mol. The van der Waals surface area contributed by atoms with E-state index in [0.29, 0.717) is 11.7 Å². The third-order valence-electron chi connectivity index (χ3n) is 3.65. The SMILES string of the molecule is CCCCC1CCC(C(=O)C=C(C)C)CC1. The van der Waals surface area contributed by atoms with Crippen molar-refractivity contribution in [3.05, 3.63) is 11.6 Å². The van der Waals surface area contributed by atoms with Crippen molar-refractivity contribution in [1.82, 2.24) is 0 Å². The van der Waals surface area contributed by atoms with E-state index in [-0.39, 0.29) is 0 Å². The number of ketones is 1. The molecule has 0 bridgehead atoms. The van der Waals surface area contributed by atoms with E-state index in [1.54, 1.807) is 0 Å². The van der Waals surface area contributed by atoms with Gasteiger partial charge in [-0.15, -0.1) is 0 Å². The standard InChI is InChI=1S/C15H26O/c1-4-5-6-13-7-9-14(10-8-13)15(16)11-12(2)3/h11,13-14H,4-10H2,1-3H3. The number of unbranched alkanes of at least 4 members (excludes halogenated alkanes) is 1. The van der Waals surface area contributed by atoms with E-state index in [1.807, 2.05) is 19.9 Å². The van der Waals surface area contributed by atoms with Crippen molar-refractivity contribution in [2.75, 3.05) is 0 Å². The minimum atomic E-state index is 0.327. The summed E-state index contributed by atoms with van der Waals surface area (Å²) in [5.41, 5.74) is 1.14. The first-order valence-electron chi connectivity index (χ1n) is 6.82. The summed E-state index contributed by atoms with van der Waals surface area (Å²) in [6.45, 7) is 6.26. The zero-order chi connectivity index (χ0) is 12.0. The number of hydrogen-bond donors (Lipinski definition) is 0. The Hall–Kier alpha value is -0.590. The van der Waals surface area contributed by atoms with Crippen LogP contribution < -0.4 is 0 Å². The quantitative estimate of drug-likeness (QED) is 0.625. The molecule has 0 aliphatic heterocycles. The van der Waals surface area contributed by atoms with Crippen molar-refractivity contribution >= 4 is 5.78 Å². The van der Waals surface area contributed by atoms with E-state index in [1.165, 1.54) is 32.1 Å². The zero-order valence-corrected chi connectivity index (χ0v) is 11.1. The second-order valence-corrected chi connectivity index (χ2v) is 5.48. The zero-order valence-electron chi connectivity index (χ0n) is 11.1. The van der Waals surface area contributed by atoms with Crippen LogP contribution in [0, 0.1) is 11.8 Å². The maximum atomic E-state index is 11.9. The Morgan fingerprint density at radius 2 is 1.81 bits per heavy atom. The molecule has 16 heavy (non-hydrogen) atoms. The van der Waals surface area contributed by atoms with Gasteiger partial charge in [0, 0.05) is 5.92 Å². The van der Waals surface area contributed by atoms with Crippen molar-refractivity contribution in [2.45, 2.75) is 65.7 Å². The first kappa shape index (κ1) is 13.5. The van der Waals surface area contributed by atoms with Gasteiger partial charge in [0.1, 0.15) is 0 Å². The van der Waals surface area contributed by atoms with Gasteiger partial charge in [0.25, 0.3) is 0 Å². The smallest absolute Gasteiger partial charge is 0.158 e. The maximum Gasteiger partial charge on any atom is 0.158 e. The second-order valence-electron chi connectivity index (χ2n) is 5.48. The lowest BCUT2D eigenvalue weighted by Crippen LogP contribution is -2.20. The third kappa shape index (κ3) is 4.51. The minimum absolute atomic E-state index is 0.327. The third-order valence-corrected chi connectivity index (χ3v) is 3.65. The Kier molecular flexibility index (Phi) is 5.79. The predicted molar refractivity (Wildman–Crippen MR) is 69.4 cm³/mol. The van der Waals surface area contributed by atoms with Crippen LogP contribution in [0.25, 0.3) is 0 Å². The summed E-state index contributed by atoms with van der Waals surface area (Å²) in [7, 11) is 0. The van der Waals surface area contributed by atoms with Crippen molar-refractivity contribution in [3.8, 4) is 0 Å². The molecular formula is C15H26O. The van der Waals surface area contributed by atoms with Crippen molar-refractivity contribution in [3.63, 3.8) is 0 Å². The molecular weight excluding hydrogens is 196 g/mol. The molecule has 0 aromatic rings. The highest BCUT2D eigenvalue weighted by Crippen LogP contribution is 2.32. The van der Waals surface area contributed by atoms with Gasteiger partial charge in [-0.3, -0.25) is 4.79 Å². The Labute approximate surface area is 100 Å². The molecule has 0 radical (unpaired) electrons. The van der Waals surface area contributed by atoms with Gasteiger partial charge in [-0.2, -0.15) is 0 Å². The van der Waals surface area contributed by atoms with Gasteiger partial charge >= 0.3 is 0 Å². The van der Waals surface area contributed by atoms with Crippen LogP contribution in [0.5, 0.6) is 0 Å². The van der Waals surface area contributed by atoms with E-state index in [0.717, 1.165) is 24.3 Å². The topological polar surface area (TPSA) is 17.1 Å². The summed E-state index contributed by atoms with van der Waals surface area (Å²) >= 11 is 0. The molecule has 1 nitrogen and oxygen atoms in total. The molecule has 1 fully saturated rings. The molecule has 1 saturated carbocycles. The maximum absolute atomic E-state index is 11.9. The van der Waals surface area contributed by atoms with E-state index >= 15 is 0 Å². The fraction of sp³-hybridized carbons (Fsp3) is 0.800. The van der Waals surface area contributed by atoms with Crippen LogP contribution in [-0.4, -0.2) is 5.78 Å². The van der Waals surface area contributed by atoms with E-state index in [2.05, 4.69) is 6.92 Å². The fourth-order valence-corrected chi connectivity index (χ4v) is 2.63. The highest BCUT2D eigenvalue weighted by atomic mass is 16.1. The van der Waals surface area contributed by atoms with Crippen molar-refractivity contribution in [2.24, 2.45) is 11.8 Å². The molecule has 0 spiro atoms. The van der Waals surface area contributed by atoms with Gasteiger partial charge in [0.15, 0.2) is 5.78 Å². The molecule has 0 aromatic heterocycles. The summed E-state index contributed by atoms with van der Waals surface area (Å²) < 4.78 is 0. The van der Waals surface area contributed by atoms with Gasteiger partial charge in [0.05, 0.1) is 0 Å². The van der Waals surface area contributed by atoms with Crippen LogP contribution >= 0.6 is 0 Å². The van der Waals surface area contributed by atoms with Crippen LogP contribution in [-0.2, 0) is 4.79 Å². The van der Waals surface area contributed by atoms with Gasteiger partial charge in [-0.1, -0.05) is 31.8 Å². The number of allylic oxidation sites excluding steroid dienone is 2.